The van der Waals surface area contributed by atoms with E-state index < -0.39 is 0 Å². The number of hydrogen-bond donors (Lipinski definition) is 2. The van der Waals surface area contributed by atoms with Crippen molar-refractivity contribution in [2.75, 3.05) is 5.32 Å². The SMILES string of the molecule is CC(C)(Nc1ccnc(Oc2cccnc2)n1)c1ccccc1S. The van der Waals surface area contributed by atoms with Crippen LogP contribution in [0.3, 0.4) is 0 Å². The van der Waals surface area contributed by atoms with E-state index in [9.17, 15) is 0 Å². The van der Waals surface area contributed by atoms with Crippen molar-refractivity contribution in [2.45, 2.75) is 24.3 Å². The van der Waals surface area contributed by atoms with Crippen LogP contribution in [-0.4, -0.2) is 15.0 Å². The molecule has 0 aliphatic carbocycles. The van der Waals surface area contributed by atoms with Crippen LogP contribution in [0.25, 0.3) is 0 Å². The number of anilines is 1. The Bertz CT molecular complexity index is 824. The zero-order valence-electron chi connectivity index (χ0n) is 13.5. The molecule has 3 rings (SSSR count). The molecule has 1 N–H and O–H groups in total. The van der Waals surface area contributed by atoms with Crippen LogP contribution in [0, 0.1) is 0 Å². The smallest absolute Gasteiger partial charge is 0.323 e. The molecule has 6 heteroatoms. The maximum Gasteiger partial charge on any atom is 0.323 e. The zero-order valence-corrected chi connectivity index (χ0v) is 14.4. The molecular weight excluding hydrogens is 320 g/mol. The Balaban J connectivity index is 1.80. The van der Waals surface area contributed by atoms with Gasteiger partial charge in [-0.1, -0.05) is 18.2 Å². The van der Waals surface area contributed by atoms with Crippen LogP contribution >= 0.6 is 12.6 Å². The van der Waals surface area contributed by atoms with E-state index in [2.05, 4.69) is 46.7 Å². The number of thiol groups is 1. The van der Waals surface area contributed by atoms with E-state index in [1.54, 1.807) is 36.8 Å². The standard InChI is InChI=1S/C18H18N4OS/c1-18(2,14-7-3-4-8-15(14)24)22-16-9-11-20-17(21-16)23-13-6-5-10-19-12-13/h3-12,24H,1-2H3,(H,20,21,22). The molecule has 122 valence electrons. The first kappa shape index (κ1) is 16.3. The van der Waals surface area contributed by atoms with Crippen LogP contribution in [0.4, 0.5) is 5.82 Å². The third-order valence-electron chi connectivity index (χ3n) is 3.49. The minimum Gasteiger partial charge on any atom is -0.423 e. The lowest BCUT2D eigenvalue weighted by Crippen LogP contribution is -2.29. The average molecular weight is 338 g/mol. The van der Waals surface area contributed by atoms with Gasteiger partial charge in [0.05, 0.1) is 11.7 Å². The number of ether oxygens (including phenoxy) is 1. The number of rotatable bonds is 5. The molecule has 1 aromatic carbocycles. The van der Waals surface area contributed by atoms with E-state index in [4.69, 9.17) is 4.74 Å². The largest absolute Gasteiger partial charge is 0.423 e. The zero-order chi connectivity index (χ0) is 17.0. The molecule has 0 radical (unpaired) electrons. The predicted octanol–water partition coefficient (Wildman–Crippen LogP) is 4.30. The molecule has 0 aliphatic heterocycles. The number of nitrogens with zero attached hydrogens (tertiary/aromatic N) is 3. The lowest BCUT2D eigenvalue weighted by molar-refractivity contribution is 0.439. The van der Waals surface area contributed by atoms with Crippen LogP contribution in [0.1, 0.15) is 19.4 Å². The lowest BCUT2D eigenvalue weighted by atomic mass is 9.94. The first-order chi connectivity index (χ1) is 11.5. The Morgan fingerprint density at radius 3 is 2.62 bits per heavy atom. The third-order valence-corrected chi connectivity index (χ3v) is 3.88. The van der Waals surface area contributed by atoms with Crippen molar-refractivity contribution in [3.8, 4) is 11.8 Å². The Morgan fingerprint density at radius 1 is 1.04 bits per heavy atom. The highest BCUT2D eigenvalue weighted by atomic mass is 32.1. The molecular formula is C18H18N4OS. The van der Waals surface area contributed by atoms with Crippen LogP contribution in [0.5, 0.6) is 11.8 Å². The lowest BCUT2D eigenvalue weighted by Gasteiger charge is -2.28. The normalized spacial score (nSPS) is 11.1. The fraction of sp³-hybridized carbons (Fsp3) is 0.167. The van der Waals surface area contributed by atoms with Crippen molar-refractivity contribution >= 4 is 18.4 Å². The monoisotopic (exact) mass is 338 g/mol. The van der Waals surface area contributed by atoms with Gasteiger partial charge in [0.15, 0.2) is 0 Å². The predicted molar refractivity (Wildman–Crippen MR) is 96.7 cm³/mol. The Hall–Kier alpha value is -2.60. The molecule has 0 spiro atoms. The molecule has 0 atom stereocenters. The summed E-state index contributed by atoms with van der Waals surface area (Å²) in [6.07, 6.45) is 4.96. The molecule has 3 aromatic rings. The van der Waals surface area contributed by atoms with Gasteiger partial charge in [0.2, 0.25) is 0 Å². The number of hydrogen-bond acceptors (Lipinski definition) is 6. The second kappa shape index (κ2) is 6.88. The molecule has 2 heterocycles. The number of benzene rings is 1. The molecule has 0 fully saturated rings. The van der Waals surface area contributed by atoms with Crippen LogP contribution < -0.4 is 10.1 Å². The molecule has 0 aliphatic rings. The molecule has 24 heavy (non-hydrogen) atoms. The number of nitrogens with one attached hydrogen (secondary N) is 1. The number of pyridine rings is 1. The van der Waals surface area contributed by atoms with E-state index in [1.165, 1.54) is 0 Å². The first-order valence-electron chi connectivity index (χ1n) is 7.52. The molecule has 2 aromatic heterocycles. The van der Waals surface area contributed by atoms with Crippen LogP contribution in [0.15, 0.2) is 66.0 Å². The Labute approximate surface area is 146 Å². The van der Waals surface area contributed by atoms with Crippen molar-refractivity contribution < 1.29 is 4.74 Å². The second-order valence-electron chi connectivity index (χ2n) is 5.78. The molecule has 0 unspecified atom stereocenters. The molecule has 0 bridgehead atoms. The summed E-state index contributed by atoms with van der Waals surface area (Å²) >= 11 is 4.54. The highest BCUT2D eigenvalue weighted by Gasteiger charge is 2.23. The summed E-state index contributed by atoms with van der Waals surface area (Å²) in [7, 11) is 0. The van der Waals surface area contributed by atoms with E-state index in [0.717, 1.165) is 10.5 Å². The first-order valence-corrected chi connectivity index (χ1v) is 7.97. The van der Waals surface area contributed by atoms with Gasteiger partial charge < -0.3 is 10.1 Å². The molecule has 0 saturated heterocycles. The molecule has 0 saturated carbocycles. The van der Waals surface area contributed by atoms with Crippen LogP contribution in [0.2, 0.25) is 0 Å². The van der Waals surface area contributed by atoms with Crippen LogP contribution in [-0.2, 0) is 5.54 Å². The van der Waals surface area contributed by atoms with E-state index in [1.807, 2.05) is 24.3 Å². The molecule has 0 amide bonds. The summed E-state index contributed by atoms with van der Waals surface area (Å²) in [6.45, 7) is 4.15. The van der Waals surface area contributed by atoms with Gasteiger partial charge in [-0.3, -0.25) is 4.98 Å². The summed E-state index contributed by atoms with van der Waals surface area (Å²) in [5.74, 6) is 1.26. The summed E-state index contributed by atoms with van der Waals surface area (Å²) in [6, 6.07) is 13.6. The van der Waals surface area contributed by atoms with E-state index in [-0.39, 0.29) is 11.5 Å². The minimum absolute atomic E-state index is 0.267. The number of aromatic nitrogens is 3. The van der Waals surface area contributed by atoms with E-state index >= 15 is 0 Å². The van der Waals surface area contributed by atoms with Gasteiger partial charge in [-0.2, -0.15) is 4.98 Å². The van der Waals surface area contributed by atoms with Gasteiger partial charge in [-0.25, -0.2) is 4.98 Å². The summed E-state index contributed by atoms with van der Waals surface area (Å²) in [5, 5.41) is 3.41. The minimum atomic E-state index is -0.349. The highest BCUT2D eigenvalue weighted by Crippen LogP contribution is 2.30. The van der Waals surface area contributed by atoms with Gasteiger partial charge >= 0.3 is 6.01 Å². The quantitative estimate of drug-likeness (QED) is 0.679. The maximum absolute atomic E-state index is 5.62. The van der Waals surface area contributed by atoms with Gasteiger partial charge in [0.25, 0.3) is 0 Å². The third kappa shape index (κ3) is 3.83. The topological polar surface area (TPSA) is 59.9 Å². The van der Waals surface area contributed by atoms with Gasteiger partial charge in [0, 0.05) is 17.3 Å². The van der Waals surface area contributed by atoms with Crippen molar-refractivity contribution in [2.24, 2.45) is 0 Å². The molecule has 5 nitrogen and oxygen atoms in total. The summed E-state index contributed by atoms with van der Waals surface area (Å²) in [5.41, 5.74) is 0.736. The summed E-state index contributed by atoms with van der Waals surface area (Å²) in [4.78, 5) is 13.5. The van der Waals surface area contributed by atoms with Crippen molar-refractivity contribution in [1.82, 2.24) is 15.0 Å². The summed E-state index contributed by atoms with van der Waals surface area (Å²) < 4.78 is 5.62. The second-order valence-corrected chi connectivity index (χ2v) is 6.26. The maximum atomic E-state index is 5.62. The Kier molecular flexibility index (Phi) is 4.66. The average Bonchev–Trinajstić information content (AvgIpc) is 2.56. The van der Waals surface area contributed by atoms with Gasteiger partial charge in [-0.05, 0) is 43.7 Å². The van der Waals surface area contributed by atoms with E-state index in [0.29, 0.717) is 11.6 Å². The van der Waals surface area contributed by atoms with Crippen molar-refractivity contribution in [3.63, 3.8) is 0 Å². The van der Waals surface area contributed by atoms with Gasteiger partial charge in [-0.15, -0.1) is 12.6 Å². The van der Waals surface area contributed by atoms with Crippen molar-refractivity contribution in [1.29, 1.82) is 0 Å². The Morgan fingerprint density at radius 2 is 1.88 bits per heavy atom. The van der Waals surface area contributed by atoms with Crippen molar-refractivity contribution in [3.05, 3.63) is 66.6 Å². The fourth-order valence-electron chi connectivity index (χ4n) is 2.36. The highest BCUT2D eigenvalue weighted by molar-refractivity contribution is 7.80. The fourth-order valence-corrected chi connectivity index (χ4v) is 2.80. The van der Waals surface area contributed by atoms with Gasteiger partial charge in [0.1, 0.15) is 11.6 Å².